The van der Waals surface area contributed by atoms with Crippen molar-refractivity contribution in [1.29, 1.82) is 0 Å². The number of carbonyl (C=O) groups is 1. The van der Waals surface area contributed by atoms with Crippen molar-refractivity contribution in [3.63, 3.8) is 0 Å². The molecule has 252 valence electrons. The zero-order chi connectivity index (χ0) is 34.0. The summed E-state index contributed by atoms with van der Waals surface area (Å²) in [6.45, 7) is 0.807. The largest absolute Gasteiger partial charge is 0.497 e. The Balaban J connectivity index is 1.49. The van der Waals surface area contributed by atoms with Crippen molar-refractivity contribution in [2.45, 2.75) is 35.8 Å². The highest BCUT2D eigenvalue weighted by Gasteiger charge is 2.53. The summed E-state index contributed by atoms with van der Waals surface area (Å²) in [5, 5.41) is 9.07. The maximum Gasteiger partial charge on any atom is 0.266 e. The Morgan fingerprint density at radius 2 is 1.73 bits per heavy atom. The molecule has 0 radical (unpaired) electrons. The molecule has 5 rings (SSSR count). The molecule has 10 nitrogen and oxygen atoms in total. The molecule has 0 saturated heterocycles. The summed E-state index contributed by atoms with van der Waals surface area (Å²) in [6.07, 6.45) is -0.0131. The zero-order valence-corrected chi connectivity index (χ0v) is 28.9. The predicted octanol–water partition coefficient (Wildman–Crippen LogP) is 5.20. The first-order valence-corrected chi connectivity index (χ1v) is 18.0. The van der Waals surface area contributed by atoms with E-state index in [0.717, 1.165) is 10.0 Å². The SMILES string of the molecule is COc1cccc([C@@H]2OC(c3ccc(OCCCO)cc3)=N[C@]2(CCS(=O)(=O)c2ccccc2)C(=O)NNCCc2ccc(Br)cc2)c1. The number of nitrogens with one attached hydrogen (secondary N) is 2. The Labute approximate surface area is 289 Å². The minimum atomic E-state index is -3.79. The maximum absolute atomic E-state index is 14.4. The topological polar surface area (TPSA) is 136 Å². The lowest BCUT2D eigenvalue weighted by molar-refractivity contribution is -0.130. The van der Waals surface area contributed by atoms with Gasteiger partial charge in [0.05, 0.1) is 24.4 Å². The number of nitrogens with zero attached hydrogens (tertiary/aromatic N) is 1. The molecule has 0 bridgehead atoms. The highest BCUT2D eigenvalue weighted by Crippen LogP contribution is 2.43. The first-order valence-electron chi connectivity index (χ1n) is 15.5. The number of ether oxygens (including phenoxy) is 3. The molecular weight excluding hydrogens is 698 g/mol. The van der Waals surface area contributed by atoms with Crippen molar-refractivity contribution in [2.75, 3.05) is 32.6 Å². The second-order valence-electron chi connectivity index (χ2n) is 11.2. The molecule has 2 atom stereocenters. The molecule has 0 unspecified atom stereocenters. The molecule has 1 amide bonds. The molecule has 3 N–H and O–H groups in total. The fraction of sp³-hybridized carbons (Fsp3) is 0.278. The monoisotopic (exact) mass is 735 g/mol. The van der Waals surface area contributed by atoms with Crippen molar-refractivity contribution >= 4 is 37.6 Å². The van der Waals surface area contributed by atoms with Gasteiger partial charge in [-0.15, -0.1) is 0 Å². The van der Waals surface area contributed by atoms with E-state index in [0.29, 0.717) is 48.6 Å². The molecule has 1 heterocycles. The first-order chi connectivity index (χ1) is 23.2. The molecule has 48 heavy (non-hydrogen) atoms. The van der Waals surface area contributed by atoms with E-state index < -0.39 is 27.4 Å². The number of amides is 1. The van der Waals surface area contributed by atoms with Crippen LogP contribution in [-0.4, -0.2) is 63.5 Å². The predicted molar refractivity (Wildman–Crippen MR) is 187 cm³/mol. The standard InChI is InChI=1S/C36H38BrN3O7S/c1-45-31-8-5-7-28(25-31)33-36(20-24-48(43,44)32-9-3-2-4-10-32,35(42)40-38-21-19-26-11-15-29(37)16-12-26)39-34(47-33)27-13-17-30(18-14-27)46-23-6-22-41/h2-5,7-18,25,33,38,41H,6,19-24H2,1H3,(H,40,42)/t33-,36-/m0/s1. The lowest BCUT2D eigenvalue weighted by atomic mass is 9.85. The molecule has 0 spiro atoms. The van der Waals surface area contributed by atoms with E-state index >= 15 is 0 Å². The number of rotatable bonds is 16. The van der Waals surface area contributed by atoms with Crippen LogP contribution in [0.3, 0.4) is 0 Å². The average molecular weight is 737 g/mol. The molecule has 0 saturated carbocycles. The number of halogens is 1. The highest BCUT2D eigenvalue weighted by atomic mass is 79.9. The molecule has 1 aliphatic rings. The first kappa shape index (κ1) is 35.1. The van der Waals surface area contributed by atoms with Crippen LogP contribution in [0.25, 0.3) is 0 Å². The van der Waals surface area contributed by atoms with Gasteiger partial charge < -0.3 is 19.3 Å². The second-order valence-corrected chi connectivity index (χ2v) is 14.2. The third kappa shape index (κ3) is 8.62. The number of aliphatic imine (C=N–C) groups is 1. The Morgan fingerprint density at radius 1 is 0.979 bits per heavy atom. The van der Waals surface area contributed by atoms with E-state index in [1.165, 1.54) is 12.1 Å². The second kappa shape index (κ2) is 16.2. The van der Waals surface area contributed by atoms with Crippen LogP contribution in [0.1, 0.15) is 35.6 Å². The number of benzene rings is 4. The molecule has 0 fully saturated rings. The van der Waals surface area contributed by atoms with E-state index in [1.54, 1.807) is 73.8 Å². The van der Waals surface area contributed by atoms with Crippen LogP contribution in [0.4, 0.5) is 0 Å². The number of aliphatic hydroxyl groups is 1. The summed E-state index contributed by atoms with van der Waals surface area (Å²) in [7, 11) is -2.25. The normalized spacial score (nSPS) is 17.3. The number of carbonyl (C=O) groups excluding carboxylic acids is 1. The Morgan fingerprint density at radius 3 is 2.44 bits per heavy atom. The van der Waals surface area contributed by atoms with Crippen molar-refractivity contribution in [1.82, 2.24) is 10.9 Å². The van der Waals surface area contributed by atoms with E-state index in [-0.39, 0.29) is 29.6 Å². The Bertz CT molecular complexity index is 1800. The van der Waals surface area contributed by atoms with Gasteiger partial charge in [0.2, 0.25) is 5.90 Å². The van der Waals surface area contributed by atoms with Crippen molar-refractivity contribution in [2.24, 2.45) is 4.99 Å². The summed E-state index contributed by atoms with van der Waals surface area (Å²) in [5.41, 5.74) is 6.40. The lowest BCUT2D eigenvalue weighted by Gasteiger charge is -2.30. The van der Waals surface area contributed by atoms with Gasteiger partial charge in [-0.25, -0.2) is 18.8 Å². The quantitative estimate of drug-likeness (QED) is 0.106. The fourth-order valence-corrected chi connectivity index (χ4v) is 6.97. The van der Waals surface area contributed by atoms with Crippen LogP contribution in [-0.2, 0) is 25.8 Å². The van der Waals surface area contributed by atoms with Crippen molar-refractivity contribution < 1.29 is 32.5 Å². The number of aliphatic hydroxyl groups excluding tert-OH is 1. The molecule has 0 aliphatic carbocycles. The summed E-state index contributed by atoms with van der Waals surface area (Å²) < 4.78 is 45.7. The third-order valence-electron chi connectivity index (χ3n) is 7.93. The maximum atomic E-state index is 14.4. The number of hydrazine groups is 1. The summed E-state index contributed by atoms with van der Waals surface area (Å²) in [4.78, 5) is 19.4. The summed E-state index contributed by atoms with van der Waals surface area (Å²) in [5.74, 6) is 0.442. The smallest absolute Gasteiger partial charge is 0.266 e. The van der Waals surface area contributed by atoms with Crippen LogP contribution >= 0.6 is 15.9 Å². The van der Waals surface area contributed by atoms with Crippen LogP contribution in [0, 0.1) is 0 Å². The van der Waals surface area contributed by atoms with Gasteiger partial charge in [-0.3, -0.25) is 10.2 Å². The molecular formula is C36H38BrN3O7S. The van der Waals surface area contributed by atoms with E-state index in [2.05, 4.69) is 26.8 Å². The fourth-order valence-electron chi connectivity index (χ4n) is 5.32. The molecule has 0 aromatic heterocycles. The van der Waals surface area contributed by atoms with Crippen LogP contribution in [0.15, 0.2) is 117 Å². The van der Waals surface area contributed by atoms with Crippen LogP contribution in [0.2, 0.25) is 0 Å². The van der Waals surface area contributed by atoms with Crippen LogP contribution < -0.4 is 20.3 Å². The minimum Gasteiger partial charge on any atom is -0.497 e. The Kier molecular flexibility index (Phi) is 11.9. The zero-order valence-electron chi connectivity index (χ0n) is 26.5. The van der Waals surface area contributed by atoms with Gasteiger partial charge in [-0.2, -0.15) is 0 Å². The number of hydrogen-bond donors (Lipinski definition) is 3. The van der Waals surface area contributed by atoms with Crippen LogP contribution in [0.5, 0.6) is 11.5 Å². The molecule has 4 aromatic carbocycles. The van der Waals surface area contributed by atoms with Gasteiger partial charge in [0.1, 0.15) is 11.5 Å². The summed E-state index contributed by atoms with van der Waals surface area (Å²) in [6, 6.07) is 30.2. The van der Waals surface area contributed by atoms with Gasteiger partial charge in [-0.1, -0.05) is 58.4 Å². The van der Waals surface area contributed by atoms with Gasteiger partial charge in [-0.05, 0) is 78.2 Å². The molecule has 4 aromatic rings. The van der Waals surface area contributed by atoms with Gasteiger partial charge in [0.15, 0.2) is 21.5 Å². The van der Waals surface area contributed by atoms with Gasteiger partial charge >= 0.3 is 0 Å². The van der Waals surface area contributed by atoms with E-state index in [1.807, 2.05) is 24.3 Å². The summed E-state index contributed by atoms with van der Waals surface area (Å²) >= 11 is 3.44. The van der Waals surface area contributed by atoms with Gasteiger partial charge in [0, 0.05) is 36.0 Å². The number of hydrogen-bond acceptors (Lipinski definition) is 9. The lowest BCUT2D eigenvalue weighted by Crippen LogP contribution is -2.53. The minimum absolute atomic E-state index is 0.0254. The molecule has 1 aliphatic heterocycles. The van der Waals surface area contributed by atoms with E-state index in [4.69, 9.17) is 24.3 Å². The van der Waals surface area contributed by atoms with Crippen molar-refractivity contribution in [3.8, 4) is 11.5 Å². The highest BCUT2D eigenvalue weighted by molar-refractivity contribution is 9.10. The van der Waals surface area contributed by atoms with E-state index in [9.17, 15) is 13.2 Å². The molecule has 12 heteroatoms. The Hall–Kier alpha value is -4.23. The van der Waals surface area contributed by atoms with Crippen molar-refractivity contribution in [3.05, 3.63) is 124 Å². The number of methoxy groups -OCH3 is 1. The number of sulfone groups is 1. The average Bonchev–Trinajstić information content (AvgIpc) is 3.52. The van der Waals surface area contributed by atoms with Gasteiger partial charge in [0.25, 0.3) is 5.91 Å². The third-order valence-corrected chi connectivity index (χ3v) is 10.2.